The van der Waals surface area contributed by atoms with Gasteiger partial charge in [0, 0.05) is 39.5 Å². The van der Waals surface area contributed by atoms with E-state index >= 15 is 0 Å². The first-order valence-corrected chi connectivity index (χ1v) is 12.2. The molecule has 1 atom stereocenters. The molecule has 182 valence electrons. The predicted molar refractivity (Wildman–Crippen MR) is 139 cm³/mol. The van der Waals surface area contributed by atoms with Crippen molar-refractivity contribution in [1.29, 1.82) is 0 Å². The molecule has 36 heavy (non-hydrogen) atoms. The van der Waals surface area contributed by atoms with Gasteiger partial charge in [-0.25, -0.2) is 14.4 Å². The predicted octanol–water partition coefficient (Wildman–Crippen LogP) is 7.37. The van der Waals surface area contributed by atoms with Gasteiger partial charge in [-0.1, -0.05) is 35.3 Å². The number of fused-ring (bicyclic) bond motifs is 1. The average molecular weight is 543 g/mol. The highest BCUT2D eigenvalue weighted by Gasteiger charge is 2.23. The summed E-state index contributed by atoms with van der Waals surface area (Å²) in [6, 6.07) is 9.60. The molecule has 7 nitrogen and oxygen atoms in total. The molecular weight excluding hydrogens is 526 g/mol. The molecule has 3 heterocycles. The highest BCUT2D eigenvalue weighted by Crippen LogP contribution is 2.41. The van der Waals surface area contributed by atoms with E-state index in [1.807, 2.05) is 0 Å². The van der Waals surface area contributed by atoms with Crippen molar-refractivity contribution in [2.75, 3.05) is 11.1 Å². The Morgan fingerprint density at radius 2 is 1.97 bits per heavy atom. The largest absolute Gasteiger partial charge is 0.478 e. The number of benzene rings is 2. The van der Waals surface area contributed by atoms with Crippen LogP contribution < -0.4 is 15.8 Å². The zero-order valence-corrected chi connectivity index (χ0v) is 20.9. The molecule has 0 saturated carbocycles. The number of ether oxygens (including phenoxy) is 1. The van der Waals surface area contributed by atoms with Crippen molar-refractivity contribution in [3.05, 3.63) is 87.4 Å². The number of thiazole rings is 1. The summed E-state index contributed by atoms with van der Waals surface area (Å²) >= 11 is 13.7. The van der Waals surface area contributed by atoms with Gasteiger partial charge in [-0.05, 0) is 36.8 Å². The fourth-order valence-corrected chi connectivity index (χ4v) is 4.93. The highest BCUT2D eigenvalue weighted by atomic mass is 35.5. The highest BCUT2D eigenvalue weighted by molar-refractivity contribution is 7.13. The topological polar surface area (TPSA) is 103 Å². The Kier molecular flexibility index (Phi) is 6.53. The molecule has 0 spiro atoms. The summed E-state index contributed by atoms with van der Waals surface area (Å²) in [5, 5.41) is 5.82. The van der Waals surface area contributed by atoms with E-state index in [1.165, 1.54) is 23.5 Å². The number of nitrogens with one attached hydrogen (secondary N) is 1. The maximum Gasteiger partial charge on any atom is 0.257 e. The number of anilines is 2. The third kappa shape index (κ3) is 4.48. The number of nitrogen functional groups attached to an aromatic ring is 1. The number of carbonyl (C=O) groups is 1. The number of carbonyl (C=O) groups excluding carboxylic acids is 1. The summed E-state index contributed by atoms with van der Waals surface area (Å²) in [4.78, 5) is 20.7. The number of hydrogen-bond donors (Lipinski definition) is 2. The van der Waals surface area contributed by atoms with Gasteiger partial charge in [-0.3, -0.25) is 10.1 Å². The van der Waals surface area contributed by atoms with E-state index in [1.54, 1.807) is 55.2 Å². The maximum atomic E-state index is 14.0. The number of rotatable bonds is 6. The van der Waals surface area contributed by atoms with Crippen LogP contribution in [-0.4, -0.2) is 15.9 Å². The molecule has 0 unspecified atom stereocenters. The van der Waals surface area contributed by atoms with E-state index in [9.17, 15) is 9.18 Å². The standard InChI is InChI=1S/C25H17Cl2FN4O3S/c1-12(19-17(26)6-7-18(28)20(19)27)35-22-21-15(10-31-23(22)29)16(11-34-21)13-2-4-14(5-3-13)24(33)32-25-30-8-9-36-25/h2-12H,1H3,(H2,29,31)(H,30,32,33)/t12-/m1/s1. The third-order valence-corrected chi connectivity index (χ3v) is 6.89. The molecule has 0 saturated heterocycles. The molecule has 0 aliphatic heterocycles. The second kappa shape index (κ2) is 9.77. The van der Waals surface area contributed by atoms with Crippen LogP contribution in [0, 0.1) is 5.82 Å². The summed E-state index contributed by atoms with van der Waals surface area (Å²) in [5.41, 5.74) is 8.73. The van der Waals surface area contributed by atoms with E-state index in [4.69, 9.17) is 38.1 Å². The SMILES string of the molecule is C[C@@H](Oc1c(N)ncc2c(-c3ccc(C(=O)Nc4nccs4)cc3)coc12)c1c(Cl)ccc(F)c1Cl. The molecule has 11 heteroatoms. The quantitative estimate of drug-likeness (QED) is 0.217. The Morgan fingerprint density at radius 1 is 1.19 bits per heavy atom. The second-order valence-corrected chi connectivity index (χ2v) is 9.43. The van der Waals surface area contributed by atoms with Crippen LogP contribution in [-0.2, 0) is 0 Å². The average Bonchev–Trinajstić information content (AvgIpc) is 3.54. The molecule has 0 aliphatic rings. The number of hydrogen-bond acceptors (Lipinski definition) is 7. The minimum absolute atomic E-state index is 0.0908. The van der Waals surface area contributed by atoms with E-state index in [0.29, 0.717) is 21.7 Å². The Morgan fingerprint density at radius 3 is 2.69 bits per heavy atom. The van der Waals surface area contributed by atoms with Crippen molar-refractivity contribution < 1.29 is 18.3 Å². The molecule has 1 amide bonds. The van der Waals surface area contributed by atoms with E-state index < -0.39 is 11.9 Å². The molecule has 0 bridgehead atoms. The lowest BCUT2D eigenvalue weighted by Gasteiger charge is -2.18. The molecule has 0 aliphatic carbocycles. The number of halogens is 3. The number of furan rings is 1. The number of pyridine rings is 1. The molecule has 3 aromatic heterocycles. The molecule has 5 aromatic rings. The summed E-state index contributed by atoms with van der Waals surface area (Å²) in [6.07, 6.45) is 4.00. The van der Waals surface area contributed by atoms with Crippen molar-refractivity contribution >= 4 is 62.4 Å². The van der Waals surface area contributed by atoms with Gasteiger partial charge in [0.2, 0.25) is 5.75 Å². The lowest BCUT2D eigenvalue weighted by molar-refractivity contribution is 0.102. The van der Waals surface area contributed by atoms with E-state index in [-0.39, 0.29) is 33.1 Å². The van der Waals surface area contributed by atoms with E-state index in [0.717, 1.165) is 11.1 Å². The lowest BCUT2D eigenvalue weighted by atomic mass is 10.0. The molecular formula is C25H17Cl2FN4O3S. The fourth-order valence-electron chi connectivity index (χ4n) is 3.72. The van der Waals surface area contributed by atoms with Gasteiger partial charge in [-0.15, -0.1) is 11.3 Å². The van der Waals surface area contributed by atoms with Crippen molar-refractivity contribution in [2.45, 2.75) is 13.0 Å². The second-order valence-electron chi connectivity index (χ2n) is 7.75. The molecule has 0 fully saturated rings. The summed E-state index contributed by atoms with van der Waals surface area (Å²) in [6.45, 7) is 1.67. The van der Waals surface area contributed by atoms with Crippen LogP contribution in [0.3, 0.4) is 0 Å². The van der Waals surface area contributed by atoms with Crippen LogP contribution in [0.15, 0.2) is 64.9 Å². The minimum Gasteiger partial charge on any atom is -0.478 e. The number of aromatic nitrogens is 2. The van der Waals surface area contributed by atoms with E-state index in [2.05, 4.69) is 15.3 Å². The first kappa shape index (κ1) is 24.1. The Labute approximate surface area is 218 Å². The van der Waals surface area contributed by atoms with Gasteiger partial charge in [0.15, 0.2) is 16.5 Å². The molecule has 3 N–H and O–H groups in total. The first-order chi connectivity index (χ1) is 17.3. The van der Waals surface area contributed by atoms with Gasteiger partial charge >= 0.3 is 0 Å². The smallest absolute Gasteiger partial charge is 0.257 e. The van der Waals surface area contributed by atoms with Crippen molar-refractivity contribution in [3.63, 3.8) is 0 Å². The summed E-state index contributed by atoms with van der Waals surface area (Å²) in [5.74, 6) is -0.600. The zero-order valence-electron chi connectivity index (χ0n) is 18.6. The van der Waals surface area contributed by atoms with Crippen LogP contribution in [0.5, 0.6) is 5.75 Å². The van der Waals surface area contributed by atoms with Crippen LogP contribution >= 0.6 is 34.5 Å². The number of nitrogens with zero attached hydrogens (tertiary/aromatic N) is 2. The van der Waals surface area contributed by atoms with Crippen LogP contribution in [0.4, 0.5) is 15.3 Å². The molecule has 2 aromatic carbocycles. The van der Waals surface area contributed by atoms with Crippen LogP contribution in [0.1, 0.15) is 28.9 Å². The summed E-state index contributed by atoms with van der Waals surface area (Å²) in [7, 11) is 0. The Hall–Kier alpha value is -3.66. The minimum atomic E-state index is -0.750. The van der Waals surface area contributed by atoms with Crippen molar-refractivity contribution in [1.82, 2.24) is 9.97 Å². The third-order valence-electron chi connectivity index (χ3n) is 5.49. The zero-order chi connectivity index (χ0) is 25.4. The van der Waals surface area contributed by atoms with Gasteiger partial charge in [0.25, 0.3) is 5.91 Å². The Bertz CT molecular complexity index is 1570. The van der Waals surface area contributed by atoms with Gasteiger partial charge < -0.3 is 14.9 Å². The number of amides is 1. The fraction of sp³-hybridized carbons (Fsp3) is 0.0800. The van der Waals surface area contributed by atoms with Crippen LogP contribution in [0.2, 0.25) is 10.0 Å². The normalized spacial score (nSPS) is 12.0. The maximum absolute atomic E-state index is 14.0. The molecule has 5 rings (SSSR count). The summed E-state index contributed by atoms with van der Waals surface area (Å²) < 4.78 is 25.9. The monoisotopic (exact) mass is 542 g/mol. The van der Waals surface area contributed by atoms with Crippen molar-refractivity contribution in [3.8, 4) is 16.9 Å². The van der Waals surface area contributed by atoms with Gasteiger partial charge in [0.1, 0.15) is 11.9 Å². The first-order valence-electron chi connectivity index (χ1n) is 10.6. The number of nitrogens with two attached hydrogens (primary N) is 1. The van der Waals surface area contributed by atoms with Gasteiger partial charge in [-0.2, -0.15) is 0 Å². The molecule has 0 radical (unpaired) electrons. The van der Waals surface area contributed by atoms with Gasteiger partial charge in [0.05, 0.1) is 16.7 Å². The lowest BCUT2D eigenvalue weighted by Crippen LogP contribution is -2.11. The van der Waals surface area contributed by atoms with Crippen LogP contribution in [0.25, 0.3) is 22.1 Å². The van der Waals surface area contributed by atoms with Crippen molar-refractivity contribution in [2.24, 2.45) is 0 Å². The Balaban J connectivity index is 1.45.